The third-order valence-electron chi connectivity index (χ3n) is 5.26. The molecule has 1 aliphatic carbocycles. The molecule has 1 amide bonds. The first kappa shape index (κ1) is 20.4. The maximum atomic E-state index is 12.5. The van der Waals surface area contributed by atoms with Gasteiger partial charge in [-0.1, -0.05) is 20.8 Å². The van der Waals surface area contributed by atoms with Crippen molar-refractivity contribution in [1.82, 2.24) is 4.90 Å². The van der Waals surface area contributed by atoms with Crippen LogP contribution in [0.1, 0.15) is 60.3 Å². The molecule has 0 aromatic carbocycles. The van der Waals surface area contributed by atoms with Crippen molar-refractivity contribution in [3.63, 3.8) is 0 Å². The summed E-state index contributed by atoms with van der Waals surface area (Å²) in [6.45, 7) is 9.80. The first-order chi connectivity index (χ1) is 10.2. The van der Waals surface area contributed by atoms with E-state index >= 15 is 0 Å². The fourth-order valence-corrected chi connectivity index (χ4v) is 3.90. The van der Waals surface area contributed by atoms with Gasteiger partial charge in [0.1, 0.15) is 0 Å². The second-order valence-electron chi connectivity index (χ2n) is 8.61. The number of sulfone groups is 1. The molecule has 23 heavy (non-hydrogen) atoms. The molecule has 1 rings (SSSR count). The number of carbonyl (C=O) groups is 1. The lowest BCUT2D eigenvalue weighted by molar-refractivity contribution is -0.153. The molecule has 1 N–H and O–H groups in total. The van der Waals surface area contributed by atoms with Crippen LogP contribution in [0.3, 0.4) is 0 Å². The highest BCUT2D eigenvalue weighted by atomic mass is 32.2. The van der Waals surface area contributed by atoms with Crippen LogP contribution in [-0.2, 0) is 14.6 Å². The molecule has 2 atom stereocenters. The Labute approximate surface area is 141 Å². The summed E-state index contributed by atoms with van der Waals surface area (Å²) >= 11 is 0. The minimum atomic E-state index is -3.19. The van der Waals surface area contributed by atoms with E-state index in [9.17, 15) is 18.3 Å². The molecule has 0 radical (unpaired) electrons. The molecule has 0 heterocycles. The van der Waals surface area contributed by atoms with E-state index in [4.69, 9.17) is 0 Å². The molecule has 0 spiro atoms. The zero-order valence-electron chi connectivity index (χ0n) is 15.6. The Morgan fingerprint density at radius 2 is 1.78 bits per heavy atom. The van der Waals surface area contributed by atoms with Gasteiger partial charge in [0, 0.05) is 25.3 Å². The molecule has 1 fully saturated rings. The lowest BCUT2D eigenvalue weighted by atomic mass is 9.66. The van der Waals surface area contributed by atoms with E-state index in [-0.39, 0.29) is 23.3 Å². The summed E-state index contributed by atoms with van der Waals surface area (Å²) in [5.74, 6) is -0.257. The number of aliphatic hydroxyl groups is 1. The van der Waals surface area contributed by atoms with Crippen molar-refractivity contribution in [2.45, 2.75) is 77.2 Å². The van der Waals surface area contributed by atoms with E-state index < -0.39 is 20.7 Å². The minimum Gasteiger partial charge on any atom is -0.390 e. The van der Waals surface area contributed by atoms with Gasteiger partial charge in [-0.25, -0.2) is 8.42 Å². The summed E-state index contributed by atoms with van der Waals surface area (Å²) in [6.07, 6.45) is 3.78. The van der Waals surface area contributed by atoms with E-state index in [0.29, 0.717) is 19.3 Å². The number of hydrogen-bond donors (Lipinski definition) is 1. The molecule has 0 bridgehead atoms. The Balaban J connectivity index is 2.58. The molecule has 136 valence electrons. The summed E-state index contributed by atoms with van der Waals surface area (Å²) in [6, 6.07) is -0.374. The first-order valence-electron chi connectivity index (χ1n) is 8.34. The van der Waals surface area contributed by atoms with E-state index in [1.54, 1.807) is 20.9 Å². The van der Waals surface area contributed by atoms with Gasteiger partial charge < -0.3 is 10.0 Å². The zero-order valence-corrected chi connectivity index (χ0v) is 16.4. The van der Waals surface area contributed by atoms with Gasteiger partial charge in [0.2, 0.25) is 5.91 Å². The summed E-state index contributed by atoms with van der Waals surface area (Å²) in [7, 11) is -1.53. The van der Waals surface area contributed by atoms with Gasteiger partial charge in [-0.05, 0) is 44.9 Å². The number of amides is 1. The van der Waals surface area contributed by atoms with E-state index in [1.807, 2.05) is 0 Å². The molecule has 1 saturated carbocycles. The maximum Gasteiger partial charge on any atom is 0.225 e. The molecular weight excluding hydrogens is 314 g/mol. The third-order valence-corrected chi connectivity index (χ3v) is 7.00. The Morgan fingerprint density at radius 1 is 1.30 bits per heavy atom. The highest BCUT2D eigenvalue weighted by Crippen LogP contribution is 2.43. The summed E-state index contributed by atoms with van der Waals surface area (Å²) in [4.78, 5) is 14.0. The fraction of sp³-hybridized carbons (Fsp3) is 0.941. The van der Waals surface area contributed by atoms with Gasteiger partial charge in [0.15, 0.2) is 9.84 Å². The number of hydrogen-bond acceptors (Lipinski definition) is 4. The Kier molecular flexibility index (Phi) is 5.96. The van der Waals surface area contributed by atoms with Crippen molar-refractivity contribution in [3.8, 4) is 0 Å². The van der Waals surface area contributed by atoms with Crippen LogP contribution in [0.4, 0.5) is 0 Å². The second-order valence-corrected chi connectivity index (χ2v) is 11.0. The van der Waals surface area contributed by atoms with E-state index in [0.717, 1.165) is 6.42 Å². The quantitative estimate of drug-likeness (QED) is 0.799. The largest absolute Gasteiger partial charge is 0.390 e. The van der Waals surface area contributed by atoms with Gasteiger partial charge in [-0.15, -0.1) is 0 Å². The molecule has 0 aliphatic heterocycles. The molecule has 0 unspecified atom stereocenters. The van der Waals surface area contributed by atoms with Crippen molar-refractivity contribution in [2.75, 3.05) is 13.3 Å². The molecular formula is C17H33NO4S. The van der Waals surface area contributed by atoms with Crippen LogP contribution in [0.5, 0.6) is 0 Å². The van der Waals surface area contributed by atoms with Crippen LogP contribution >= 0.6 is 0 Å². The van der Waals surface area contributed by atoms with Gasteiger partial charge >= 0.3 is 0 Å². The van der Waals surface area contributed by atoms with Crippen LogP contribution in [-0.4, -0.2) is 54.5 Å². The highest BCUT2D eigenvalue weighted by molar-refractivity contribution is 7.91. The van der Waals surface area contributed by atoms with Crippen molar-refractivity contribution >= 4 is 15.7 Å². The Morgan fingerprint density at radius 3 is 2.17 bits per heavy atom. The monoisotopic (exact) mass is 347 g/mol. The predicted molar refractivity (Wildman–Crippen MR) is 92.9 cm³/mol. The summed E-state index contributed by atoms with van der Waals surface area (Å²) in [5.41, 5.74) is -0.568. The number of rotatable bonds is 6. The SMILES string of the molecule is C[C@H]([C@@H](C)S(C)(=O)=O)N(C)C(=O)C1CC(O)(CCC(C)(C)C)C1. The Hall–Kier alpha value is -0.620. The van der Waals surface area contributed by atoms with Crippen molar-refractivity contribution in [3.05, 3.63) is 0 Å². The Bertz CT molecular complexity index is 529. The minimum absolute atomic E-state index is 0.0616. The lowest BCUT2D eigenvalue weighted by Crippen LogP contribution is -2.54. The molecule has 5 nitrogen and oxygen atoms in total. The first-order valence-corrected chi connectivity index (χ1v) is 10.3. The van der Waals surface area contributed by atoms with Gasteiger partial charge in [0.25, 0.3) is 0 Å². The summed E-state index contributed by atoms with van der Waals surface area (Å²) in [5, 5.41) is 9.88. The van der Waals surface area contributed by atoms with E-state index in [2.05, 4.69) is 20.8 Å². The molecule has 0 saturated heterocycles. The average Bonchev–Trinajstić information content (AvgIpc) is 2.36. The predicted octanol–water partition coefficient (Wildman–Crippen LogP) is 2.23. The van der Waals surface area contributed by atoms with Crippen LogP contribution in [0.2, 0.25) is 0 Å². The molecule has 6 heteroatoms. The van der Waals surface area contributed by atoms with Crippen molar-refractivity contribution in [1.29, 1.82) is 0 Å². The third kappa shape index (κ3) is 5.45. The van der Waals surface area contributed by atoms with Crippen LogP contribution in [0.15, 0.2) is 0 Å². The smallest absolute Gasteiger partial charge is 0.225 e. The zero-order chi connectivity index (χ0) is 18.2. The van der Waals surface area contributed by atoms with Crippen LogP contribution < -0.4 is 0 Å². The van der Waals surface area contributed by atoms with Gasteiger partial charge in [0.05, 0.1) is 10.9 Å². The summed E-state index contributed by atoms with van der Waals surface area (Å²) < 4.78 is 23.3. The van der Waals surface area contributed by atoms with Crippen LogP contribution in [0, 0.1) is 11.3 Å². The second kappa shape index (κ2) is 6.71. The number of nitrogens with zero attached hydrogens (tertiary/aromatic N) is 1. The van der Waals surface area contributed by atoms with Crippen molar-refractivity contribution in [2.24, 2.45) is 11.3 Å². The number of carbonyl (C=O) groups excluding carboxylic acids is 1. The van der Waals surface area contributed by atoms with E-state index in [1.165, 1.54) is 11.2 Å². The lowest BCUT2D eigenvalue weighted by Gasteiger charge is -2.46. The maximum absolute atomic E-state index is 12.5. The standard InChI is InChI=1S/C17H33NO4S/c1-12(13(2)23(7,21)22)18(6)15(19)14-10-17(20,11-14)9-8-16(3,4)5/h12-14,20H,8-11H2,1-7H3/t12-,13-,14?,17?/m1/s1. The topological polar surface area (TPSA) is 74.7 Å². The normalized spacial score (nSPS) is 27.9. The average molecular weight is 348 g/mol. The molecule has 1 aliphatic rings. The fourth-order valence-electron chi connectivity index (χ4n) is 3.01. The molecule has 0 aromatic heterocycles. The van der Waals surface area contributed by atoms with Gasteiger partial charge in [-0.3, -0.25) is 4.79 Å². The van der Waals surface area contributed by atoms with Gasteiger partial charge in [-0.2, -0.15) is 0 Å². The van der Waals surface area contributed by atoms with Crippen molar-refractivity contribution < 1.29 is 18.3 Å². The highest BCUT2D eigenvalue weighted by Gasteiger charge is 2.47. The van der Waals surface area contributed by atoms with Crippen LogP contribution in [0.25, 0.3) is 0 Å². The molecule has 0 aromatic rings.